The molecule has 0 N–H and O–H groups in total. The number of methoxy groups -OCH3 is 1. The monoisotopic (exact) mass is 505 g/mol. The number of carbonyl (C=O) groups excluding carboxylic acids is 2. The fourth-order valence-corrected chi connectivity index (χ4v) is 4.60. The summed E-state index contributed by atoms with van der Waals surface area (Å²) in [4.78, 5) is 27.5. The number of ether oxygens (including phenoxy) is 3. The number of hydrogen-bond acceptors (Lipinski definition) is 5. The molecular formula is C30H32FNO5. The Hall–Kier alpha value is -3.87. The molecular weight excluding hydrogens is 473 g/mol. The minimum Gasteiger partial charge on any atom is -0.497 e. The van der Waals surface area contributed by atoms with E-state index in [1.165, 1.54) is 31.2 Å². The molecule has 0 heterocycles. The van der Waals surface area contributed by atoms with Gasteiger partial charge in [0.15, 0.2) is 0 Å². The van der Waals surface area contributed by atoms with E-state index >= 15 is 0 Å². The lowest BCUT2D eigenvalue weighted by Gasteiger charge is -2.30. The van der Waals surface area contributed by atoms with E-state index in [4.69, 9.17) is 14.2 Å². The van der Waals surface area contributed by atoms with Gasteiger partial charge in [-0.3, -0.25) is 4.90 Å². The van der Waals surface area contributed by atoms with Crippen LogP contribution >= 0.6 is 0 Å². The van der Waals surface area contributed by atoms with Crippen LogP contribution in [0.3, 0.4) is 0 Å². The molecule has 194 valence electrons. The van der Waals surface area contributed by atoms with Crippen molar-refractivity contribution in [1.82, 2.24) is 4.90 Å². The highest BCUT2D eigenvalue weighted by Gasteiger charge is 2.34. The number of carbonyl (C=O) groups is 2. The molecule has 37 heavy (non-hydrogen) atoms. The maximum absolute atomic E-state index is 14.7. The molecule has 1 aliphatic carbocycles. The van der Waals surface area contributed by atoms with Crippen molar-refractivity contribution in [2.24, 2.45) is 0 Å². The number of likely N-dealkylation sites (N-methyl/N-ethyl adjacent to an activating group) is 1. The molecule has 0 bridgehead atoms. The van der Waals surface area contributed by atoms with Crippen LogP contribution in [-0.4, -0.2) is 49.4 Å². The largest absolute Gasteiger partial charge is 0.497 e. The van der Waals surface area contributed by atoms with E-state index in [0.717, 1.165) is 22.3 Å². The maximum Gasteiger partial charge on any atom is 0.410 e. The highest BCUT2D eigenvalue weighted by molar-refractivity contribution is 5.82. The van der Waals surface area contributed by atoms with Gasteiger partial charge in [-0.15, -0.1) is 0 Å². The minimum atomic E-state index is -1.09. The van der Waals surface area contributed by atoms with E-state index in [1.54, 1.807) is 26.8 Å². The maximum atomic E-state index is 14.7. The highest BCUT2D eigenvalue weighted by Crippen LogP contribution is 2.44. The number of nitrogens with zero attached hydrogens (tertiary/aromatic N) is 1. The fourth-order valence-electron chi connectivity index (χ4n) is 4.60. The van der Waals surface area contributed by atoms with E-state index in [2.05, 4.69) is 12.1 Å². The Bertz CT molecular complexity index is 1250. The van der Waals surface area contributed by atoms with Crippen molar-refractivity contribution in [2.75, 3.05) is 20.8 Å². The third-order valence-corrected chi connectivity index (χ3v) is 6.44. The highest BCUT2D eigenvalue weighted by atomic mass is 19.1. The van der Waals surface area contributed by atoms with Crippen molar-refractivity contribution in [2.45, 2.75) is 44.8 Å². The van der Waals surface area contributed by atoms with Crippen molar-refractivity contribution in [1.29, 1.82) is 0 Å². The molecule has 6 nitrogen and oxygen atoms in total. The molecule has 7 heteroatoms. The van der Waals surface area contributed by atoms with E-state index < -0.39 is 29.5 Å². The smallest absolute Gasteiger partial charge is 0.410 e. The Morgan fingerprint density at radius 1 is 0.973 bits per heavy atom. The second kappa shape index (κ2) is 10.6. The van der Waals surface area contributed by atoms with Gasteiger partial charge >= 0.3 is 12.1 Å². The topological polar surface area (TPSA) is 65.1 Å². The molecule has 3 aromatic carbocycles. The lowest BCUT2D eigenvalue weighted by Crippen LogP contribution is -2.47. The summed E-state index contributed by atoms with van der Waals surface area (Å²) in [6.07, 6.45) is -0.766. The molecule has 1 atom stereocenters. The molecule has 0 saturated carbocycles. The van der Waals surface area contributed by atoms with E-state index in [9.17, 15) is 14.0 Å². The fraction of sp³-hybridized carbons (Fsp3) is 0.333. The number of esters is 1. The summed E-state index contributed by atoms with van der Waals surface area (Å²) in [7, 11) is 2.91. The first-order valence-corrected chi connectivity index (χ1v) is 12.2. The van der Waals surface area contributed by atoms with E-state index in [-0.39, 0.29) is 24.5 Å². The SMILES string of the molecule is COc1ccc(C[C@@H](C(=O)OC(C)(C)C)N(C)C(=O)OCC2c3ccccc3-c3ccccc32)c(F)c1. The van der Waals surface area contributed by atoms with Crippen LogP contribution < -0.4 is 4.74 Å². The number of rotatable bonds is 7. The predicted molar refractivity (Wildman–Crippen MR) is 139 cm³/mol. The van der Waals surface area contributed by atoms with Crippen molar-refractivity contribution in [3.05, 3.63) is 89.2 Å². The number of fused-ring (bicyclic) bond motifs is 3. The van der Waals surface area contributed by atoms with Gasteiger partial charge in [-0.1, -0.05) is 54.6 Å². The lowest BCUT2D eigenvalue weighted by atomic mass is 9.98. The van der Waals surface area contributed by atoms with Gasteiger partial charge in [0.05, 0.1) is 7.11 Å². The predicted octanol–water partition coefficient (Wildman–Crippen LogP) is 5.97. The first-order valence-electron chi connectivity index (χ1n) is 12.2. The van der Waals surface area contributed by atoms with Crippen molar-refractivity contribution < 1.29 is 28.2 Å². The summed E-state index contributed by atoms with van der Waals surface area (Å²) in [6, 6.07) is 19.4. The standard InChI is InChI=1S/C30H32FNO5/c1-30(2,3)37-28(33)27(16-19-14-15-20(35-5)17-26(19)31)32(4)29(34)36-18-25-23-12-8-6-10-21(23)22-11-7-9-13-24(22)25/h6-15,17,25,27H,16,18H2,1-5H3/t27-/m0/s1. The van der Waals surface area contributed by atoms with Crippen molar-refractivity contribution >= 4 is 12.1 Å². The first-order chi connectivity index (χ1) is 17.6. The third-order valence-electron chi connectivity index (χ3n) is 6.44. The van der Waals surface area contributed by atoms with Gasteiger partial charge < -0.3 is 14.2 Å². The summed E-state index contributed by atoms with van der Waals surface area (Å²) < 4.78 is 31.1. The number of amides is 1. The van der Waals surface area contributed by atoms with Gasteiger partial charge in [0.1, 0.15) is 29.8 Å². The molecule has 0 unspecified atom stereocenters. The average molecular weight is 506 g/mol. The van der Waals surface area contributed by atoms with Crippen LogP contribution in [0.15, 0.2) is 66.7 Å². The van der Waals surface area contributed by atoms with Crippen LogP contribution in [0.4, 0.5) is 9.18 Å². The zero-order valence-electron chi connectivity index (χ0n) is 21.8. The Morgan fingerprint density at radius 3 is 2.11 bits per heavy atom. The van der Waals surface area contributed by atoms with Crippen LogP contribution in [-0.2, 0) is 20.7 Å². The van der Waals surface area contributed by atoms with E-state index in [0.29, 0.717) is 5.75 Å². The molecule has 0 spiro atoms. The first kappa shape index (κ1) is 26.2. The van der Waals surface area contributed by atoms with Crippen molar-refractivity contribution in [3.63, 3.8) is 0 Å². The molecule has 1 amide bonds. The third kappa shape index (κ3) is 5.77. The molecule has 0 fully saturated rings. The minimum absolute atomic E-state index is 0.0779. The number of benzene rings is 3. The van der Waals surface area contributed by atoms with Gasteiger partial charge in [0.2, 0.25) is 0 Å². The van der Waals surface area contributed by atoms with Crippen LogP contribution in [0, 0.1) is 5.82 Å². The zero-order valence-corrected chi connectivity index (χ0v) is 21.8. The molecule has 0 aromatic heterocycles. The molecule has 4 rings (SSSR count). The Balaban J connectivity index is 1.53. The van der Waals surface area contributed by atoms with Gasteiger partial charge in [-0.25, -0.2) is 14.0 Å². The van der Waals surface area contributed by atoms with Gasteiger partial charge in [-0.2, -0.15) is 0 Å². The summed E-state index contributed by atoms with van der Waals surface area (Å²) in [6.45, 7) is 5.32. The summed E-state index contributed by atoms with van der Waals surface area (Å²) >= 11 is 0. The average Bonchev–Trinajstić information content (AvgIpc) is 3.18. The van der Waals surface area contributed by atoms with Gasteiger partial charge in [0, 0.05) is 25.5 Å². The van der Waals surface area contributed by atoms with Crippen LogP contribution in [0.25, 0.3) is 11.1 Å². The zero-order chi connectivity index (χ0) is 26.7. The number of halogens is 1. The second-order valence-electron chi connectivity index (χ2n) is 10.1. The summed E-state index contributed by atoms with van der Waals surface area (Å²) in [5, 5.41) is 0. The normalized spacial score (nSPS) is 13.4. The molecule has 0 radical (unpaired) electrons. The van der Waals surface area contributed by atoms with E-state index in [1.807, 2.05) is 36.4 Å². The Morgan fingerprint density at radius 2 is 1.57 bits per heavy atom. The summed E-state index contributed by atoms with van der Waals surface area (Å²) in [5.41, 5.74) is 3.89. The van der Waals surface area contributed by atoms with Gasteiger partial charge in [-0.05, 0) is 54.7 Å². The van der Waals surface area contributed by atoms with Crippen LogP contribution in [0.2, 0.25) is 0 Å². The lowest BCUT2D eigenvalue weighted by molar-refractivity contribution is -0.160. The number of hydrogen-bond donors (Lipinski definition) is 0. The summed E-state index contributed by atoms with van der Waals surface area (Å²) in [5.74, 6) is -0.934. The molecule has 0 aliphatic heterocycles. The Labute approximate surface area is 217 Å². The van der Waals surface area contributed by atoms with Crippen molar-refractivity contribution in [3.8, 4) is 16.9 Å². The molecule has 0 saturated heterocycles. The van der Waals surface area contributed by atoms with Gasteiger partial charge in [0.25, 0.3) is 0 Å². The quantitative estimate of drug-likeness (QED) is 0.370. The Kier molecular flexibility index (Phi) is 7.52. The van der Waals surface area contributed by atoms with Crippen LogP contribution in [0.1, 0.15) is 43.4 Å². The van der Waals surface area contributed by atoms with Crippen LogP contribution in [0.5, 0.6) is 5.75 Å². The molecule has 1 aliphatic rings. The molecule has 3 aromatic rings. The second-order valence-corrected chi connectivity index (χ2v) is 10.1.